The molecule has 0 saturated carbocycles. The zero-order valence-electron chi connectivity index (χ0n) is 13.6. The van der Waals surface area contributed by atoms with Crippen LogP contribution in [0, 0.1) is 10.1 Å². The van der Waals surface area contributed by atoms with Gasteiger partial charge >= 0.3 is 5.97 Å². The van der Waals surface area contributed by atoms with E-state index in [2.05, 4.69) is 4.74 Å². The van der Waals surface area contributed by atoms with Gasteiger partial charge in [-0.05, 0) is 29.5 Å². The van der Waals surface area contributed by atoms with Crippen LogP contribution in [0.4, 0.5) is 5.69 Å². The van der Waals surface area contributed by atoms with Crippen LogP contribution < -0.4 is 0 Å². The molecule has 0 aliphatic carbocycles. The topological polar surface area (TPSA) is 69.4 Å². The Kier molecular flexibility index (Phi) is 5.84. The van der Waals surface area contributed by atoms with Crippen LogP contribution in [-0.2, 0) is 16.0 Å². The number of nitro benzene ring substituents is 1. The molecule has 1 atom stereocenters. The Bertz CT molecular complexity index is 753. The van der Waals surface area contributed by atoms with E-state index in [0.717, 1.165) is 5.56 Å². The monoisotopic (exact) mass is 325 g/mol. The van der Waals surface area contributed by atoms with Gasteiger partial charge in [0.2, 0.25) is 0 Å². The summed E-state index contributed by atoms with van der Waals surface area (Å²) in [6.07, 6.45) is 3.32. The van der Waals surface area contributed by atoms with E-state index in [1.807, 2.05) is 37.3 Å². The van der Waals surface area contributed by atoms with Gasteiger partial charge in [-0.2, -0.15) is 0 Å². The minimum Gasteiger partial charge on any atom is -0.466 e. The van der Waals surface area contributed by atoms with E-state index in [4.69, 9.17) is 0 Å². The quantitative estimate of drug-likeness (QED) is 0.346. The Labute approximate surface area is 140 Å². The molecule has 0 aromatic heterocycles. The molecule has 2 rings (SSSR count). The van der Waals surface area contributed by atoms with Crippen molar-refractivity contribution in [2.24, 2.45) is 0 Å². The predicted molar refractivity (Wildman–Crippen MR) is 92.7 cm³/mol. The minimum atomic E-state index is -0.501. The summed E-state index contributed by atoms with van der Waals surface area (Å²) < 4.78 is 4.52. The third kappa shape index (κ3) is 4.52. The van der Waals surface area contributed by atoms with Crippen LogP contribution >= 0.6 is 0 Å². The van der Waals surface area contributed by atoms with Gasteiger partial charge in [0.1, 0.15) is 0 Å². The molecule has 0 radical (unpaired) electrons. The highest BCUT2D eigenvalue weighted by atomic mass is 16.6. The van der Waals surface area contributed by atoms with Crippen molar-refractivity contribution in [3.05, 3.63) is 81.4 Å². The van der Waals surface area contributed by atoms with Crippen molar-refractivity contribution in [2.75, 3.05) is 7.11 Å². The van der Waals surface area contributed by atoms with Gasteiger partial charge in [0.05, 0.1) is 12.0 Å². The van der Waals surface area contributed by atoms with Crippen molar-refractivity contribution in [1.29, 1.82) is 0 Å². The highest BCUT2D eigenvalue weighted by Crippen LogP contribution is 2.27. The first-order chi connectivity index (χ1) is 11.5. The number of nitro groups is 1. The van der Waals surface area contributed by atoms with Crippen LogP contribution in [0.5, 0.6) is 0 Å². The average Bonchev–Trinajstić information content (AvgIpc) is 2.60. The van der Waals surface area contributed by atoms with Gasteiger partial charge in [0.25, 0.3) is 5.69 Å². The second-order valence-corrected chi connectivity index (χ2v) is 5.52. The Morgan fingerprint density at radius 3 is 2.58 bits per heavy atom. The van der Waals surface area contributed by atoms with E-state index in [-0.39, 0.29) is 16.5 Å². The molecule has 0 saturated heterocycles. The molecule has 5 nitrogen and oxygen atoms in total. The summed E-state index contributed by atoms with van der Waals surface area (Å²) in [5.74, 6) is -0.333. The van der Waals surface area contributed by atoms with Crippen LogP contribution in [0.1, 0.15) is 29.5 Å². The maximum Gasteiger partial charge on any atom is 0.330 e. The second-order valence-electron chi connectivity index (χ2n) is 5.52. The van der Waals surface area contributed by atoms with E-state index >= 15 is 0 Å². The van der Waals surface area contributed by atoms with E-state index in [1.165, 1.54) is 25.3 Å². The van der Waals surface area contributed by atoms with Crippen LogP contribution in [0.15, 0.2) is 54.6 Å². The third-order valence-corrected chi connectivity index (χ3v) is 3.81. The molecule has 124 valence electrons. The normalized spacial score (nSPS) is 12.1. The zero-order chi connectivity index (χ0) is 17.5. The van der Waals surface area contributed by atoms with Gasteiger partial charge in [-0.1, -0.05) is 49.4 Å². The van der Waals surface area contributed by atoms with E-state index in [0.29, 0.717) is 17.5 Å². The van der Waals surface area contributed by atoms with Gasteiger partial charge in [-0.15, -0.1) is 0 Å². The summed E-state index contributed by atoms with van der Waals surface area (Å²) in [5, 5.41) is 11.4. The number of benzene rings is 2. The summed E-state index contributed by atoms with van der Waals surface area (Å²) in [4.78, 5) is 22.1. The van der Waals surface area contributed by atoms with Crippen molar-refractivity contribution in [1.82, 2.24) is 0 Å². The van der Waals surface area contributed by atoms with Crippen molar-refractivity contribution < 1.29 is 14.5 Å². The molecule has 0 fully saturated rings. The number of esters is 1. The first-order valence-electron chi connectivity index (χ1n) is 7.59. The maximum absolute atomic E-state index is 11.4. The number of rotatable bonds is 6. The smallest absolute Gasteiger partial charge is 0.330 e. The van der Waals surface area contributed by atoms with Crippen LogP contribution in [0.2, 0.25) is 0 Å². The van der Waals surface area contributed by atoms with Gasteiger partial charge in [-0.3, -0.25) is 10.1 Å². The highest BCUT2D eigenvalue weighted by molar-refractivity contribution is 5.87. The SMILES string of the molecule is COC(=O)/C=C/c1ccc(C[C@H](C)c2ccccc2)c([N+](=O)[O-])c1. The molecular weight excluding hydrogens is 306 g/mol. The fraction of sp³-hybridized carbons (Fsp3) is 0.211. The first kappa shape index (κ1) is 17.4. The number of nitrogens with zero attached hydrogens (tertiary/aromatic N) is 1. The minimum absolute atomic E-state index is 0.0600. The Balaban J connectivity index is 2.25. The molecule has 0 N–H and O–H groups in total. The molecule has 0 aliphatic heterocycles. The van der Waals surface area contributed by atoms with Crippen LogP contribution in [0.3, 0.4) is 0 Å². The molecule has 0 amide bonds. The highest BCUT2D eigenvalue weighted by Gasteiger charge is 2.17. The lowest BCUT2D eigenvalue weighted by molar-refractivity contribution is -0.385. The lowest BCUT2D eigenvalue weighted by Gasteiger charge is -2.12. The van der Waals surface area contributed by atoms with Gasteiger partial charge < -0.3 is 4.74 Å². The lowest BCUT2D eigenvalue weighted by Crippen LogP contribution is -2.02. The number of hydrogen-bond donors (Lipinski definition) is 0. The maximum atomic E-state index is 11.4. The van der Waals surface area contributed by atoms with Gasteiger partial charge in [0.15, 0.2) is 0 Å². The van der Waals surface area contributed by atoms with Crippen LogP contribution in [0.25, 0.3) is 6.08 Å². The predicted octanol–water partition coefficient (Wildman–Crippen LogP) is 4.13. The van der Waals surface area contributed by atoms with Crippen molar-refractivity contribution in [3.8, 4) is 0 Å². The van der Waals surface area contributed by atoms with Gasteiger partial charge in [-0.25, -0.2) is 4.79 Å². The average molecular weight is 325 g/mol. The van der Waals surface area contributed by atoms with E-state index in [9.17, 15) is 14.9 Å². The number of carbonyl (C=O) groups is 1. The standard InChI is InChI=1S/C19H19NO4/c1-14(16-6-4-3-5-7-16)12-17-10-8-15(9-11-19(21)24-2)13-18(17)20(22)23/h3-11,13-14H,12H2,1-2H3/b11-9+/t14-/m0/s1. The molecule has 2 aromatic carbocycles. The number of methoxy groups -OCH3 is 1. The summed E-state index contributed by atoms with van der Waals surface area (Å²) >= 11 is 0. The van der Waals surface area contributed by atoms with Crippen molar-refractivity contribution >= 4 is 17.7 Å². The molecule has 2 aromatic rings. The number of ether oxygens (including phenoxy) is 1. The molecule has 0 aliphatic rings. The second kappa shape index (κ2) is 8.06. The molecule has 0 heterocycles. The Hall–Kier alpha value is -2.95. The van der Waals surface area contributed by atoms with Gasteiger partial charge in [0, 0.05) is 17.7 Å². The van der Waals surface area contributed by atoms with Crippen molar-refractivity contribution in [3.63, 3.8) is 0 Å². The Morgan fingerprint density at radius 2 is 1.96 bits per heavy atom. The molecular formula is C19H19NO4. The van der Waals surface area contributed by atoms with E-state index in [1.54, 1.807) is 12.1 Å². The molecule has 0 bridgehead atoms. The molecule has 24 heavy (non-hydrogen) atoms. The van der Waals surface area contributed by atoms with Crippen LogP contribution in [-0.4, -0.2) is 18.0 Å². The fourth-order valence-corrected chi connectivity index (χ4v) is 2.49. The summed E-state index contributed by atoms with van der Waals surface area (Å²) in [5.41, 5.74) is 2.46. The summed E-state index contributed by atoms with van der Waals surface area (Å²) in [6, 6.07) is 14.9. The Morgan fingerprint density at radius 1 is 1.25 bits per heavy atom. The van der Waals surface area contributed by atoms with E-state index < -0.39 is 5.97 Å². The summed E-state index contributed by atoms with van der Waals surface area (Å²) in [7, 11) is 1.28. The molecule has 5 heteroatoms. The summed E-state index contributed by atoms with van der Waals surface area (Å²) in [6.45, 7) is 2.05. The third-order valence-electron chi connectivity index (χ3n) is 3.81. The lowest BCUT2D eigenvalue weighted by atomic mass is 9.92. The number of hydrogen-bond acceptors (Lipinski definition) is 4. The fourth-order valence-electron chi connectivity index (χ4n) is 2.49. The number of carbonyl (C=O) groups excluding carboxylic acids is 1. The largest absolute Gasteiger partial charge is 0.466 e. The molecule has 0 spiro atoms. The molecule has 0 unspecified atom stereocenters. The zero-order valence-corrected chi connectivity index (χ0v) is 13.6. The first-order valence-corrected chi connectivity index (χ1v) is 7.59. The van der Waals surface area contributed by atoms with Crippen molar-refractivity contribution in [2.45, 2.75) is 19.3 Å².